The molecule has 106 valence electrons. The molecule has 1 aromatic carbocycles. The van der Waals surface area contributed by atoms with Crippen LogP contribution >= 0.6 is 0 Å². The summed E-state index contributed by atoms with van der Waals surface area (Å²) in [4.78, 5) is 4.30. The Hall–Kier alpha value is -2.07. The van der Waals surface area contributed by atoms with Gasteiger partial charge in [0.15, 0.2) is 0 Å². The Bertz CT molecular complexity index is 544. The molecule has 1 heterocycles. The molecule has 1 aromatic heterocycles. The summed E-state index contributed by atoms with van der Waals surface area (Å²) in [5, 5.41) is 12.3. The minimum Gasteiger partial charge on any atom is -0.487 e. The van der Waals surface area contributed by atoms with Crippen LogP contribution in [0.25, 0.3) is 0 Å². The summed E-state index contributed by atoms with van der Waals surface area (Å²) in [5.74, 6) is 0.803. The fourth-order valence-corrected chi connectivity index (χ4v) is 1.99. The highest BCUT2D eigenvalue weighted by molar-refractivity contribution is 5.43. The Labute approximate surface area is 119 Å². The van der Waals surface area contributed by atoms with Crippen LogP contribution in [0.3, 0.4) is 0 Å². The van der Waals surface area contributed by atoms with Crippen LogP contribution in [0.4, 0.5) is 5.69 Å². The summed E-state index contributed by atoms with van der Waals surface area (Å²) >= 11 is 0. The van der Waals surface area contributed by atoms with E-state index in [4.69, 9.17) is 9.84 Å². The smallest absolute Gasteiger partial charge is 0.130 e. The van der Waals surface area contributed by atoms with E-state index in [0.29, 0.717) is 13.0 Å². The summed E-state index contributed by atoms with van der Waals surface area (Å²) in [5.41, 5.74) is 2.94. The lowest BCUT2D eigenvalue weighted by atomic mass is 10.1. The van der Waals surface area contributed by atoms with Gasteiger partial charge in [-0.05, 0) is 37.1 Å². The van der Waals surface area contributed by atoms with Gasteiger partial charge in [0.2, 0.25) is 0 Å². The number of rotatable bonds is 7. The number of aromatic nitrogens is 1. The number of pyridine rings is 1. The maximum Gasteiger partial charge on any atom is 0.130 e. The molecule has 0 fully saturated rings. The van der Waals surface area contributed by atoms with Gasteiger partial charge in [0.05, 0.1) is 5.69 Å². The monoisotopic (exact) mass is 272 g/mol. The van der Waals surface area contributed by atoms with E-state index < -0.39 is 0 Å². The normalized spacial score (nSPS) is 10.3. The lowest BCUT2D eigenvalue weighted by Crippen LogP contribution is -2.03. The first-order valence-corrected chi connectivity index (χ1v) is 6.84. The van der Waals surface area contributed by atoms with Gasteiger partial charge in [-0.1, -0.05) is 18.2 Å². The fraction of sp³-hybridized carbons (Fsp3) is 0.312. The molecular formula is C16H20N2O2. The van der Waals surface area contributed by atoms with Crippen molar-refractivity contribution in [2.45, 2.75) is 20.0 Å². The van der Waals surface area contributed by atoms with Gasteiger partial charge < -0.3 is 15.2 Å². The number of aliphatic hydroxyl groups is 1. The Kier molecular flexibility index (Phi) is 5.38. The zero-order valence-corrected chi connectivity index (χ0v) is 11.7. The van der Waals surface area contributed by atoms with E-state index in [1.165, 1.54) is 0 Å². The number of hydrogen-bond donors (Lipinski definition) is 2. The van der Waals surface area contributed by atoms with Crippen LogP contribution in [0.1, 0.15) is 18.2 Å². The summed E-state index contributed by atoms with van der Waals surface area (Å²) in [6, 6.07) is 11.7. The summed E-state index contributed by atoms with van der Waals surface area (Å²) < 4.78 is 5.81. The van der Waals surface area contributed by atoms with Gasteiger partial charge in [-0.15, -0.1) is 0 Å². The maximum absolute atomic E-state index is 9.05. The van der Waals surface area contributed by atoms with Crippen molar-refractivity contribution in [2.75, 3.05) is 18.5 Å². The molecule has 0 aliphatic rings. The van der Waals surface area contributed by atoms with E-state index in [2.05, 4.69) is 17.2 Å². The molecule has 0 saturated heterocycles. The molecule has 2 rings (SSSR count). The van der Waals surface area contributed by atoms with Crippen LogP contribution in [0.15, 0.2) is 42.6 Å². The van der Waals surface area contributed by atoms with Gasteiger partial charge in [-0.25, -0.2) is 0 Å². The van der Waals surface area contributed by atoms with Crippen molar-refractivity contribution >= 4 is 5.69 Å². The van der Waals surface area contributed by atoms with E-state index in [0.717, 1.165) is 29.2 Å². The number of aliphatic hydroxyl groups excluding tert-OH is 1. The molecule has 4 heteroatoms. The predicted molar refractivity (Wildman–Crippen MR) is 80.0 cm³/mol. The Morgan fingerprint density at radius 1 is 1.25 bits per heavy atom. The van der Waals surface area contributed by atoms with Crippen LogP contribution in [-0.4, -0.2) is 23.2 Å². The Balaban J connectivity index is 2.03. The molecule has 0 amide bonds. The van der Waals surface area contributed by atoms with Crippen LogP contribution in [0.5, 0.6) is 5.75 Å². The number of benzene rings is 1. The van der Waals surface area contributed by atoms with Crippen molar-refractivity contribution in [1.82, 2.24) is 4.98 Å². The molecule has 0 unspecified atom stereocenters. The third-order valence-electron chi connectivity index (χ3n) is 2.93. The second-order valence-corrected chi connectivity index (χ2v) is 4.44. The standard InChI is InChI=1S/C16H20N2O2/c1-2-17-14-7-9-18-15(11-14)12-20-16-6-4-3-5-13(16)8-10-19/h3-7,9,11,19H,2,8,10,12H2,1H3,(H,17,18). The number of nitrogens with zero attached hydrogens (tertiary/aromatic N) is 1. The second kappa shape index (κ2) is 7.50. The van der Waals surface area contributed by atoms with Crippen molar-refractivity contribution in [3.8, 4) is 5.75 Å². The fourth-order valence-electron chi connectivity index (χ4n) is 1.99. The van der Waals surface area contributed by atoms with E-state index in [1.54, 1.807) is 6.20 Å². The van der Waals surface area contributed by atoms with Crippen LogP contribution in [-0.2, 0) is 13.0 Å². The van der Waals surface area contributed by atoms with Gasteiger partial charge in [-0.2, -0.15) is 0 Å². The minimum absolute atomic E-state index is 0.120. The number of hydrogen-bond acceptors (Lipinski definition) is 4. The highest BCUT2D eigenvalue weighted by Gasteiger charge is 2.04. The average molecular weight is 272 g/mol. The van der Waals surface area contributed by atoms with Gasteiger partial charge in [0.1, 0.15) is 12.4 Å². The van der Waals surface area contributed by atoms with Gasteiger partial charge in [0.25, 0.3) is 0 Å². The molecule has 0 spiro atoms. The molecule has 0 aliphatic heterocycles. The van der Waals surface area contributed by atoms with E-state index >= 15 is 0 Å². The van der Waals surface area contributed by atoms with Crippen molar-refractivity contribution in [2.24, 2.45) is 0 Å². The maximum atomic E-state index is 9.05. The lowest BCUT2D eigenvalue weighted by Gasteiger charge is -2.11. The third kappa shape index (κ3) is 3.96. The van der Waals surface area contributed by atoms with E-state index in [1.807, 2.05) is 36.4 Å². The zero-order valence-electron chi connectivity index (χ0n) is 11.7. The highest BCUT2D eigenvalue weighted by atomic mass is 16.5. The molecule has 0 aliphatic carbocycles. The quantitative estimate of drug-likeness (QED) is 0.813. The molecule has 0 radical (unpaired) electrons. The Morgan fingerprint density at radius 2 is 2.10 bits per heavy atom. The van der Waals surface area contributed by atoms with Crippen molar-refractivity contribution in [3.63, 3.8) is 0 Å². The summed E-state index contributed by atoms with van der Waals surface area (Å²) in [6.07, 6.45) is 2.37. The van der Waals surface area contributed by atoms with Crippen LogP contribution in [0.2, 0.25) is 0 Å². The average Bonchev–Trinajstić information content (AvgIpc) is 2.47. The van der Waals surface area contributed by atoms with Crippen molar-refractivity contribution in [3.05, 3.63) is 53.9 Å². The number of anilines is 1. The van der Waals surface area contributed by atoms with Crippen LogP contribution < -0.4 is 10.1 Å². The second-order valence-electron chi connectivity index (χ2n) is 4.44. The van der Waals surface area contributed by atoms with Crippen LogP contribution in [0, 0.1) is 0 Å². The first kappa shape index (κ1) is 14.3. The first-order valence-electron chi connectivity index (χ1n) is 6.84. The molecule has 20 heavy (non-hydrogen) atoms. The molecule has 0 saturated carbocycles. The molecule has 4 nitrogen and oxygen atoms in total. The number of para-hydroxylation sites is 1. The highest BCUT2D eigenvalue weighted by Crippen LogP contribution is 2.20. The van der Waals surface area contributed by atoms with Crippen molar-refractivity contribution < 1.29 is 9.84 Å². The lowest BCUT2D eigenvalue weighted by molar-refractivity contribution is 0.282. The van der Waals surface area contributed by atoms with Crippen molar-refractivity contribution in [1.29, 1.82) is 0 Å². The first-order chi connectivity index (χ1) is 9.83. The molecular weight excluding hydrogens is 252 g/mol. The largest absolute Gasteiger partial charge is 0.487 e. The number of nitrogens with one attached hydrogen (secondary N) is 1. The molecule has 0 bridgehead atoms. The SMILES string of the molecule is CCNc1ccnc(COc2ccccc2CCO)c1. The van der Waals surface area contributed by atoms with E-state index in [9.17, 15) is 0 Å². The molecule has 0 atom stereocenters. The van der Waals surface area contributed by atoms with Gasteiger partial charge in [-0.3, -0.25) is 4.98 Å². The molecule has 2 N–H and O–H groups in total. The topological polar surface area (TPSA) is 54.4 Å². The number of ether oxygens (including phenoxy) is 1. The third-order valence-corrected chi connectivity index (χ3v) is 2.93. The van der Waals surface area contributed by atoms with E-state index in [-0.39, 0.29) is 6.61 Å². The molecule has 2 aromatic rings. The summed E-state index contributed by atoms with van der Waals surface area (Å²) in [6.45, 7) is 3.47. The van der Waals surface area contributed by atoms with Gasteiger partial charge in [0, 0.05) is 25.0 Å². The minimum atomic E-state index is 0.120. The zero-order chi connectivity index (χ0) is 14.2. The van der Waals surface area contributed by atoms with Gasteiger partial charge >= 0.3 is 0 Å². The predicted octanol–water partition coefficient (Wildman–Crippen LogP) is 2.63. The Morgan fingerprint density at radius 3 is 2.90 bits per heavy atom. The summed E-state index contributed by atoms with van der Waals surface area (Å²) in [7, 11) is 0.